The van der Waals surface area contributed by atoms with Crippen LogP contribution in [0.15, 0.2) is 109 Å². The molecular formula is C32H24F3N5O3. The van der Waals surface area contributed by atoms with Gasteiger partial charge in [-0.3, -0.25) is 0 Å². The Morgan fingerprint density at radius 3 is 1.86 bits per heavy atom. The minimum Gasteiger partial charge on any atom is -0.483 e. The van der Waals surface area contributed by atoms with Gasteiger partial charge in [-0.2, -0.15) is 13.2 Å². The maximum Gasteiger partial charge on any atom is 0.417 e. The number of halogens is 3. The highest BCUT2D eigenvalue weighted by molar-refractivity contribution is 5.98. The molecule has 2 aromatic heterocycles. The Hall–Kier alpha value is -5.45. The summed E-state index contributed by atoms with van der Waals surface area (Å²) in [6, 6.07) is 32.2. The smallest absolute Gasteiger partial charge is 0.417 e. The number of alkyl halides is 3. The lowest BCUT2D eigenvalue weighted by Crippen LogP contribution is -2.40. The molecule has 0 aliphatic carbocycles. The van der Waals surface area contributed by atoms with Crippen molar-refractivity contribution in [2.45, 2.75) is 18.3 Å². The molecule has 0 saturated heterocycles. The summed E-state index contributed by atoms with van der Waals surface area (Å²) in [5.41, 5.74) is 0.288. The molecule has 11 heteroatoms. The number of nitrogens with zero attached hydrogens (tertiary/aromatic N) is 5. The van der Waals surface area contributed by atoms with Crippen LogP contribution < -0.4 is 4.74 Å². The zero-order chi connectivity index (χ0) is 30.2. The minimum atomic E-state index is -4.70. The van der Waals surface area contributed by atoms with Crippen LogP contribution in [0.1, 0.15) is 38.6 Å². The summed E-state index contributed by atoms with van der Waals surface area (Å²) in [6.45, 7) is -0.227. The van der Waals surface area contributed by atoms with E-state index in [-0.39, 0.29) is 34.8 Å². The molecule has 6 aromatic rings. The molecule has 4 aromatic carbocycles. The van der Waals surface area contributed by atoms with Gasteiger partial charge in [-0.1, -0.05) is 91.0 Å². The number of aromatic carboxylic acids is 1. The summed E-state index contributed by atoms with van der Waals surface area (Å²) in [6.07, 6.45) is -4.70. The molecule has 6 rings (SSSR count). The third-order valence-corrected chi connectivity index (χ3v) is 7.47. The molecule has 0 bridgehead atoms. The average molecular weight is 584 g/mol. The van der Waals surface area contributed by atoms with Crippen molar-refractivity contribution in [2.24, 2.45) is 7.05 Å². The average Bonchev–Trinajstić information content (AvgIpc) is 3.62. The summed E-state index contributed by atoms with van der Waals surface area (Å²) in [5, 5.41) is 22.0. The van der Waals surface area contributed by atoms with Crippen molar-refractivity contribution in [3.05, 3.63) is 143 Å². The van der Waals surface area contributed by atoms with E-state index in [1.54, 1.807) is 4.68 Å². The Balaban J connectivity index is 1.51. The van der Waals surface area contributed by atoms with Crippen LogP contribution in [0.5, 0.6) is 5.75 Å². The van der Waals surface area contributed by atoms with E-state index in [9.17, 15) is 23.1 Å². The zero-order valence-electron chi connectivity index (χ0n) is 22.7. The first-order chi connectivity index (χ1) is 20.7. The van der Waals surface area contributed by atoms with Crippen LogP contribution in [0.4, 0.5) is 13.2 Å². The van der Waals surface area contributed by atoms with E-state index in [1.165, 1.54) is 17.7 Å². The molecule has 43 heavy (non-hydrogen) atoms. The molecular weight excluding hydrogens is 559 g/mol. The van der Waals surface area contributed by atoms with Crippen LogP contribution in [0.3, 0.4) is 0 Å². The zero-order valence-corrected chi connectivity index (χ0v) is 22.7. The minimum absolute atomic E-state index is 0.00769. The molecule has 0 amide bonds. The van der Waals surface area contributed by atoms with Crippen molar-refractivity contribution >= 4 is 16.9 Å². The molecule has 216 valence electrons. The highest BCUT2D eigenvalue weighted by Crippen LogP contribution is 2.42. The van der Waals surface area contributed by atoms with Crippen molar-refractivity contribution in [3.8, 4) is 5.75 Å². The number of rotatable bonds is 8. The Labute approximate surface area is 243 Å². The summed E-state index contributed by atoms with van der Waals surface area (Å²) < 4.78 is 50.5. The molecule has 0 unspecified atom stereocenters. The van der Waals surface area contributed by atoms with Crippen LogP contribution in [0.2, 0.25) is 0 Å². The van der Waals surface area contributed by atoms with Crippen LogP contribution in [0.25, 0.3) is 10.9 Å². The number of carboxylic acid groups (broad SMARTS) is 1. The molecule has 0 aliphatic rings. The number of hydrogen-bond acceptors (Lipinski definition) is 5. The fourth-order valence-electron chi connectivity index (χ4n) is 5.61. The number of benzene rings is 4. The second-order valence-electron chi connectivity index (χ2n) is 9.87. The van der Waals surface area contributed by atoms with Crippen LogP contribution in [-0.4, -0.2) is 35.9 Å². The largest absolute Gasteiger partial charge is 0.483 e. The summed E-state index contributed by atoms with van der Waals surface area (Å²) in [7, 11) is 1.38. The molecule has 8 nitrogen and oxygen atoms in total. The van der Waals surface area contributed by atoms with Gasteiger partial charge in [0.05, 0.1) is 11.1 Å². The number of carbonyl (C=O) groups is 1. The highest BCUT2D eigenvalue weighted by atomic mass is 19.4. The SMILES string of the molecule is Cn1c(C(=O)O)cc2c(C(F)(F)F)ccc(OCc3nnnn3C(c3ccccc3)(c3ccccc3)c3ccccc3)c21. The van der Waals surface area contributed by atoms with E-state index < -0.39 is 23.2 Å². The third kappa shape index (κ3) is 4.68. The van der Waals surface area contributed by atoms with Crippen molar-refractivity contribution in [3.63, 3.8) is 0 Å². The number of fused-ring (bicyclic) bond motifs is 1. The van der Waals surface area contributed by atoms with E-state index in [0.717, 1.165) is 28.8 Å². The van der Waals surface area contributed by atoms with E-state index in [4.69, 9.17) is 4.74 Å². The summed E-state index contributed by atoms with van der Waals surface area (Å²) in [5.74, 6) is -1.02. The van der Waals surface area contributed by atoms with Gasteiger partial charge in [-0.25, -0.2) is 9.48 Å². The summed E-state index contributed by atoms with van der Waals surface area (Å²) >= 11 is 0. The lowest BCUT2D eigenvalue weighted by molar-refractivity contribution is -0.136. The number of hydrogen-bond donors (Lipinski definition) is 1. The molecule has 0 radical (unpaired) electrons. The van der Waals surface area contributed by atoms with Gasteiger partial charge in [0.25, 0.3) is 0 Å². The second kappa shape index (κ2) is 10.8. The number of aromatic nitrogens is 5. The van der Waals surface area contributed by atoms with Crippen molar-refractivity contribution < 1.29 is 27.8 Å². The van der Waals surface area contributed by atoms with E-state index in [0.29, 0.717) is 0 Å². The lowest BCUT2D eigenvalue weighted by Gasteiger charge is -2.36. The first-order valence-electron chi connectivity index (χ1n) is 13.2. The first-order valence-corrected chi connectivity index (χ1v) is 13.2. The third-order valence-electron chi connectivity index (χ3n) is 7.47. The second-order valence-corrected chi connectivity index (χ2v) is 9.87. The fraction of sp³-hybridized carbons (Fsp3) is 0.125. The quantitative estimate of drug-likeness (QED) is 0.211. The normalized spacial score (nSPS) is 12.0. The van der Waals surface area contributed by atoms with Gasteiger partial charge in [-0.05, 0) is 45.3 Å². The predicted octanol–water partition coefficient (Wildman–Crippen LogP) is 6.30. The van der Waals surface area contributed by atoms with Gasteiger partial charge < -0.3 is 14.4 Å². The molecule has 0 atom stereocenters. The van der Waals surface area contributed by atoms with Gasteiger partial charge in [0, 0.05) is 12.4 Å². The van der Waals surface area contributed by atoms with E-state index in [1.807, 2.05) is 91.0 Å². The molecule has 0 aliphatic heterocycles. The van der Waals surface area contributed by atoms with Crippen LogP contribution in [0, 0.1) is 0 Å². The number of ether oxygens (including phenoxy) is 1. The molecule has 2 heterocycles. The van der Waals surface area contributed by atoms with Gasteiger partial charge in [0.2, 0.25) is 0 Å². The Bertz CT molecular complexity index is 1810. The van der Waals surface area contributed by atoms with Crippen molar-refractivity contribution in [2.75, 3.05) is 0 Å². The Morgan fingerprint density at radius 2 is 1.37 bits per heavy atom. The number of tetrazole rings is 1. The Morgan fingerprint density at radius 1 is 0.837 bits per heavy atom. The highest BCUT2D eigenvalue weighted by Gasteiger charge is 2.42. The fourth-order valence-corrected chi connectivity index (χ4v) is 5.61. The standard InChI is InChI=1S/C32H24F3N5O3/c1-39-26(30(41)42)19-24-25(32(33,34)35)17-18-27(29(24)39)43-20-28-36-37-38-40(28)31(21-11-5-2-6-12-21,22-13-7-3-8-14-22)23-15-9-4-10-16-23/h2-19H,20H2,1H3,(H,41,42). The van der Waals surface area contributed by atoms with Gasteiger partial charge >= 0.3 is 12.1 Å². The van der Waals surface area contributed by atoms with Gasteiger partial charge in [-0.15, -0.1) is 5.10 Å². The van der Waals surface area contributed by atoms with Crippen molar-refractivity contribution in [1.82, 2.24) is 24.8 Å². The molecule has 0 spiro atoms. The number of aryl methyl sites for hydroxylation is 1. The Kier molecular flexibility index (Phi) is 6.93. The van der Waals surface area contributed by atoms with Gasteiger partial charge in [0.1, 0.15) is 23.6 Å². The molecule has 1 N–H and O–H groups in total. The number of carboxylic acids is 1. The maximum absolute atomic E-state index is 13.8. The lowest BCUT2D eigenvalue weighted by atomic mass is 9.77. The molecule has 0 fully saturated rings. The van der Waals surface area contributed by atoms with E-state index >= 15 is 0 Å². The van der Waals surface area contributed by atoms with Crippen molar-refractivity contribution in [1.29, 1.82) is 0 Å². The van der Waals surface area contributed by atoms with Crippen LogP contribution >= 0.6 is 0 Å². The maximum atomic E-state index is 13.8. The predicted molar refractivity (Wildman–Crippen MR) is 152 cm³/mol. The van der Waals surface area contributed by atoms with Crippen LogP contribution in [-0.2, 0) is 25.4 Å². The molecule has 0 saturated carbocycles. The van der Waals surface area contributed by atoms with E-state index in [2.05, 4.69) is 15.5 Å². The topological polar surface area (TPSA) is 95.1 Å². The first kappa shape index (κ1) is 27.7. The monoisotopic (exact) mass is 583 g/mol. The van der Waals surface area contributed by atoms with Gasteiger partial charge in [0.15, 0.2) is 5.82 Å². The summed E-state index contributed by atoms with van der Waals surface area (Å²) in [4.78, 5) is 11.8.